The first kappa shape index (κ1) is 18.7. The number of ether oxygens (including phenoxy) is 1. The summed E-state index contributed by atoms with van der Waals surface area (Å²) in [5.41, 5.74) is 1.17. The zero-order chi connectivity index (χ0) is 19.5. The van der Waals surface area contributed by atoms with E-state index in [0.29, 0.717) is 23.8 Å². The lowest BCUT2D eigenvalue weighted by molar-refractivity contribution is 0.0856. The van der Waals surface area contributed by atoms with Crippen LogP contribution < -0.4 is 10.9 Å². The van der Waals surface area contributed by atoms with Gasteiger partial charge in [-0.15, -0.1) is 0 Å². The van der Waals surface area contributed by atoms with E-state index in [4.69, 9.17) is 16.3 Å². The molecule has 1 aliphatic heterocycles. The molecule has 0 spiro atoms. The van der Waals surface area contributed by atoms with Gasteiger partial charge in [-0.25, -0.2) is 4.98 Å². The molecule has 7 heteroatoms. The van der Waals surface area contributed by atoms with Crippen LogP contribution in [0.4, 0.5) is 0 Å². The molecule has 1 fully saturated rings. The molecule has 28 heavy (non-hydrogen) atoms. The molecular formula is C21H20ClN3O3. The van der Waals surface area contributed by atoms with E-state index in [1.165, 1.54) is 4.57 Å². The Balaban J connectivity index is 1.69. The van der Waals surface area contributed by atoms with Gasteiger partial charge in [0.1, 0.15) is 11.2 Å². The molecule has 0 aliphatic carbocycles. The first-order valence-electron chi connectivity index (χ1n) is 9.24. The van der Waals surface area contributed by atoms with Crippen LogP contribution in [0.25, 0.3) is 11.0 Å². The molecule has 1 N–H and O–H groups in total. The molecule has 1 aromatic carbocycles. The number of aromatic nitrogens is 2. The van der Waals surface area contributed by atoms with Crippen molar-refractivity contribution in [3.63, 3.8) is 0 Å². The smallest absolute Gasteiger partial charge is 0.265 e. The molecule has 0 saturated carbocycles. The molecule has 2 aromatic heterocycles. The minimum absolute atomic E-state index is 0.0161. The Bertz CT molecular complexity index is 1060. The monoisotopic (exact) mass is 397 g/mol. The van der Waals surface area contributed by atoms with Crippen molar-refractivity contribution in [2.24, 2.45) is 0 Å². The Kier molecular flexibility index (Phi) is 5.41. The lowest BCUT2D eigenvalue weighted by Gasteiger charge is -2.14. The number of carbonyl (C=O) groups excluding carboxylic acids is 1. The van der Waals surface area contributed by atoms with Crippen molar-refractivity contribution in [2.75, 3.05) is 13.2 Å². The number of benzene rings is 1. The lowest BCUT2D eigenvalue weighted by atomic mass is 10.1. The molecule has 1 atom stereocenters. The first-order chi connectivity index (χ1) is 13.6. The van der Waals surface area contributed by atoms with Gasteiger partial charge >= 0.3 is 0 Å². The minimum atomic E-state index is -0.392. The fraction of sp³-hybridized carbons (Fsp3) is 0.286. The summed E-state index contributed by atoms with van der Waals surface area (Å²) in [6, 6.07) is 12.5. The highest BCUT2D eigenvalue weighted by molar-refractivity contribution is 6.30. The molecule has 1 amide bonds. The lowest BCUT2D eigenvalue weighted by Crippen LogP contribution is -2.37. The maximum Gasteiger partial charge on any atom is 0.265 e. The molecule has 0 unspecified atom stereocenters. The van der Waals surface area contributed by atoms with Crippen molar-refractivity contribution >= 4 is 28.5 Å². The van der Waals surface area contributed by atoms with E-state index in [-0.39, 0.29) is 17.2 Å². The van der Waals surface area contributed by atoms with E-state index in [1.54, 1.807) is 30.5 Å². The molecule has 0 radical (unpaired) electrons. The molecule has 4 rings (SSSR count). The fourth-order valence-corrected chi connectivity index (χ4v) is 3.52. The van der Waals surface area contributed by atoms with Crippen molar-refractivity contribution in [3.8, 4) is 0 Å². The number of pyridine rings is 2. The Morgan fingerprint density at radius 1 is 1.29 bits per heavy atom. The van der Waals surface area contributed by atoms with Gasteiger partial charge in [0.2, 0.25) is 0 Å². The van der Waals surface area contributed by atoms with E-state index in [9.17, 15) is 9.59 Å². The number of carbonyl (C=O) groups is 1. The summed E-state index contributed by atoms with van der Waals surface area (Å²) in [5, 5.41) is 4.19. The van der Waals surface area contributed by atoms with Crippen LogP contribution in [0.1, 0.15) is 28.8 Å². The highest BCUT2D eigenvalue weighted by atomic mass is 35.5. The number of hydrogen-bond acceptors (Lipinski definition) is 4. The van der Waals surface area contributed by atoms with Gasteiger partial charge in [0.05, 0.1) is 12.6 Å². The number of nitrogens with one attached hydrogen (secondary N) is 1. The average Bonchev–Trinajstić information content (AvgIpc) is 3.23. The molecule has 3 aromatic rings. The van der Waals surface area contributed by atoms with E-state index >= 15 is 0 Å². The highest BCUT2D eigenvalue weighted by Crippen LogP contribution is 2.15. The third-order valence-electron chi connectivity index (χ3n) is 4.86. The molecule has 1 saturated heterocycles. The SMILES string of the molecule is O=C(NC[C@@H]1CCCO1)c1cc2cccnc2n(Cc2ccc(Cl)cc2)c1=O. The van der Waals surface area contributed by atoms with Gasteiger partial charge in [-0.1, -0.05) is 23.7 Å². The summed E-state index contributed by atoms with van der Waals surface area (Å²) in [4.78, 5) is 30.1. The summed E-state index contributed by atoms with van der Waals surface area (Å²) in [5.74, 6) is -0.392. The Hall–Kier alpha value is -2.70. The van der Waals surface area contributed by atoms with Gasteiger partial charge in [0, 0.05) is 29.8 Å². The Labute approximate surface area is 167 Å². The van der Waals surface area contributed by atoms with E-state index in [1.807, 2.05) is 18.2 Å². The Morgan fingerprint density at radius 3 is 2.86 bits per heavy atom. The molecule has 6 nitrogen and oxygen atoms in total. The van der Waals surface area contributed by atoms with Crippen molar-refractivity contribution in [3.05, 3.63) is 75.2 Å². The normalized spacial score (nSPS) is 16.4. The topological polar surface area (TPSA) is 73.2 Å². The van der Waals surface area contributed by atoms with Crippen molar-refractivity contribution in [1.82, 2.24) is 14.9 Å². The summed E-state index contributed by atoms with van der Waals surface area (Å²) in [7, 11) is 0. The second kappa shape index (κ2) is 8.12. The first-order valence-corrected chi connectivity index (χ1v) is 9.62. The van der Waals surface area contributed by atoms with Crippen LogP contribution in [0.15, 0.2) is 53.5 Å². The van der Waals surface area contributed by atoms with Gasteiger partial charge in [-0.05, 0) is 48.7 Å². The van der Waals surface area contributed by atoms with E-state index in [2.05, 4.69) is 10.3 Å². The summed E-state index contributed by atoms with van der Waals surface area (Å²) < 4.78 is 7.06. The van der Waals surface area contributed by atoms with Crippen molar-refractivity contribution in [2.45, 2.75) is 25.5 Å². The average molecular weight is 398 g/mol. The van der Waals surface area contributed by atoms with Crippen LogP contribution in [0.5, 0.6) is 0 Å². The second-order valence-electron chi connectivity index (χ2n) is 6.84. The highest BCUT2D eigenvalue weighted by Gasteiger charge is 2.20. The van der Waals surface area contributed by atoms with Crippen LogP contribution in [-0.4, -0.2) is 34.7 Å². The van der Waals surface area contributed by atoms with Gasteiger partial charge in [-0.2, -0.15) is 0 Å². The van der Waals surface area contributed by atoms with Crippen LogP contribution in [0, 0.1) is 0 Å². The number of rotatable bonds is 5. The number of nitrogens with zero attached hydrogens (tertiary/aromatic N) is 2. The molecule has 0 bridgehead atoms. The third-order valence-corrected chi connectivity index (χ3v) is 5.11. The molecule has 144 valence electrons. The number of amides is 1. The molecular weight excluding hydrogens is 378 g/mol. The quantitative estimate of drug-likeness (QED) is 0.718. The minimum Gasteiger partial charge on any atom is -0.376 e. The van der Waals surface area contributed by atoms with Crippen LogP contribution in [0.2, 0.25) is 5.02 Å². The zero-order valence-corrected chi connectivity index (χ0v) is 16.0. The maximum atomic E-state index is 13.1. The van der Waals surface area contributed by atoms with Gasteiger partial charge in [0.25, 0.3) is 11.5 Å². The van der Waals surface area contributed by atoms with Crippen molar-refractivity contribution < 1.29 is 9.53 Å². The van der Waals surface area contributed by atoms with E-state index < -0.39 is 5.91 Å². The predicted octanol–water partition coefficient (Wildman–Crippen LogP) is 3.01. The largest absolute Gasteiger partial charge is 0.376 e. The summed E-state index contributed by atoms with van der Waals surface area (Å²) in [6.45, 7) is 1.42. The third kappa shape index (κ3) is 3.93. The fourth-order valence-electron chi connectivity index (χ4n) is 3.40. The second-order valence-corrected chi connectivity index (χ2v) is 7.27. The van der Waals surface area contributed by atoms with Crippen LogP contribution >= 0.6 is 11.6 Å². The molecule has 3 heterocycles. The summed E-state index contributed by atoms with van der Waals surface area (Å²) >= 11 is 5.95. The van der Waals surface area contributed by atoms with Gasteiger partial charge < -0.3 is 10.1 Å². The molecule has 1 aliphatic rings. The van der Waals surface area contributed by atoms with Gasteiger partial charge in [0.15, 0.2) is 0 Å². The van der Waals surface area contributed by atoms with Crippen molar-refractivity contribution in [1.29, 1.82) is 0 Å². The maximum absolute atomic E-state index is 13.1. The zero-order valence-electron chi connectivity index (χ0n) is 15.2. The number of halogens is 1. The number of fused-ring (bicyclic) bond motifs is 1. The van der Waals surface area contributed by atoms with E-state index in [0.717, 1.165) is 30.4 Å². The van der Waals surface area contributed by atoms with Crippen LogP contribution in [-0.2, 0) is 11.3 Å². The Morgan fingerprint density at radius 2 is 2.11 bits per heavy atom. The number of hydrogen-bond donors (Lipinski definition) is 1. The van der Waals surface area contributed by atoms with Gasteiger partial charge in [-0.3, -0.25) is 14.2 Å². The summed E-state index contributed by atoms with van der Waals surface area (Å²) in [6.07, 6.45) is 3.57. The predicted molar refractivity (Wildman–Crippen MR) is 108 cm³/mol. The standard InChI is InChI=1S/C21H20ClN3O3/c22-16-7-5-14(6-8-16)13-25-19-15(3-1-9-23-19)11-18(21(25)27)20(26)24-12-17-4-2-10-28-17/h1,3,5-9,11,17H,2,4,10,12-13H2,(H,24,26)/t17-/m0/s1. The van der Waals surface area contributed by atoms with Crippen LogP contribution in [0.3, 0.4) is 0 Å².